The number of pyridine rings is 1. The second kappa shape index (κ2) is 7.90. The van der Waals surface area contributed by atoms with Crippen LogP contribution in [0.3, 0.4) is 0 Å². The molecule has 3 heterocycles. The lowest BCUT2D eigenvalue weighted by Gasteiger charge is -2.25. The van der Waals surface area contributed by atoms with Crippen LogP contribution >= 0.6 is 0 Å². The van der Waals surface area contributed by atoms with E-state index in [9.17, 15) is 9.59 Å². The van der Waals surface area contributed by atoms with E-state index in [-0.39, 0.29) is 29.8 Å². The van der Waals surface area contributed by atoms with Gasteiger partial charge in [0, 0.05) is 36.6 Å². The second-order valence-electron chi connectivity index (χ2n) is 7.13. The molecule has 4 rings (SSSR count). The third-order valence-electron chi connectivity index (χ3n) is 4.96. The number of H-pyrrole nitrogens is 1. The molecule has 0 spiro atoms. The Balaban J connectivity index is 1.66. The van der Waals surface area contributed by atoms with E-state index in [0.717, 1.165) is 29.3 Å². The third-order valence-corrected chi connectivity index (χ3v) is 4.96. The number of aromatic nitrogens is 3. The Morgan fingerprint density at radius 2 is 2.21 bits per heavy atom. The molecule has 2 aromatic heterocycles. The topological polar surface area (TPSA) is 88.2 Å². The molecular formula is C21H22N4O3. The van der Waals surface area contributed by atoms with Crippen molar-refractivity contribution >= 4 is 16.8 Å². The van der Waals surface area contributed by atoms with Crippen molar-refractivity contribution in [3.8, 4) is 0 Å². The fourth-order valence-corrected chi connectivity index (χ4v) is 3.52. The van der Waals surface area contributed by atoms with E-state index in [4.69, 9.17) is 4.74 Å². The largest absolute Gasteiger partial charge is 0.376 e. The van der Waals surface area contributed by atoms with Gasteiger partial charge in [-0.15, -0.1) is 0 Å². The van der Waals surface area contributed by atoms with Crippen LogP contribution in [-0.4, -0.2) is 45.0 Å². The number of amides is 1. The van der Waals surface area contributed by atoms with Gasteiger partial charge in [-0.05, 0) is 43.4 Å². The van der Waals surface area contributed by atoms with Gasteiger partial charge in [-0.3, -0.25) is 14.6 Å². The summed E-state index contributed by atoms with van der Waals surface area (Å²) in [6.07, 6.45) is 6.31. The first-order valence-electron chi connectivity index (χ1n) is 9.39. The van der Waals surface area contributed by atoms with Gasteiger partial charge in [-0.25, -0.2) is 4.98 Å². The molecule has 7 nitrogen and oxygen atoms in total. The number of hydrogen-bond acceptors (Lipinski definition) is 5. The molecular weight excluding hydrogens is 356 g/mol. The Labute approximate surface area is 162 Å². The third kappa shape index (κ3) is 3.94. The Hall–Kier alpha value is -3.06. The maximum atomic E-state index is 13.0. The first-order valence-corrected chi connectivity index (χ1v) is 9.39. The molecule has 1 atom stereocenters. The van der Waals surface area contributed by atoms with Crippen LogP contribution in [0, 0.1) is 6.92 Å². The minimum atomic E-state index is -0.257. The summed E-state index contributed by atoms with van der Waals surface area (Å²) in [4.78, 5) is 38.3. The number of aromatic amines is 1. The molecule has 7 heteroatoms. The molecule has 1 amide bonds. The number of carbonyl (C=O) groups is 1. The fourth-order valence-electron chi connectivity index (χ4n) is 3.52. The average molecular weight is 378 g/mol. The summed E-state index contributed by atoms with van der Waals surface area (Å²) in [6, 6.07) is 7.72. The van der Waals surface area contributed by atoms with Crippen LogP contribution in [0.5, 0.6) is 0 Å². The summed E-state index contributed by atoms with van der Waals surface area (Å²) in [5.74, 6) is -0.257. The van der Waals surface area contributed by atoms with Crippen LogP contribution in [0.4, 0.5) is 0 Å². The Kier molecular flexibility index (Phi) is 5.16. The predicted octanol–water partition coefficient (Wildman–Crippen LogP) is 2.45. The molecule has 1 N–H and O–H groups in total. The number of fused-ring (bicyclic) bond motifs is 1. The van der Waals surface area contributed by atoms with Crippen molar-refractivity contribution in [2.24, 2.45) is 0 Å². The van der Waals surface area contributed by atoms with Crippen LogP contribution in [0.25, 0.3) is 10.9 Å². The number of hydrogen-bond donors (Lipinski definition) is 1. The molecule has 144 valence electrons. The summed E-state index contributed by atoms with van der Waals surface area (Å²) in [7, 11) is 0. The van der Waals surface area contributed by atoms with Crippen molar-refractivity contribution in [1.82, 2.24) is 19.9 Å². The van der Waals surface area contributed by atoms with Gasteiger partial charge in [0.05, 0.1) is 18.8 Å². The zero-order chi connectivity index (χ0) is 19.5. The highest BCUT2D eigenvalue weighted by atomic mass is 16.5. The van der Waals surface area contributed by atoms with Gasteiger partial charge in [0.25, 0.3) is 11.5 Å². The van der Waals surface area contributed by atoms with Crippen molar-refractivity contribution in [3.63, 3.8) is 0 Å². The monoisotopic (exact) mass is 378 g/mol. The van der Waals surface area contributed by atoms with Gasteiger partial charge < -0.3 is 14.6 Å². The molecule has 1 saturated heterocycles. The van der Waals surface area contributed by atoms with E-state index in [2.05, 4.69) is 15.0 Å². The van der Waals surface area contributed by atoms with Crippen LogP contribution < -0.4 is 5.56 Å². The first kappa shape index (κ1) is 18.3. The normalized spacial score (nSPS) is 16.4. The number of nitrogens with one attached hydrogen (secondary N) is 1. The number of carbonyl (C=O) groups excluding carboxylic acids is 1. The van der Waals surface area contributed by atoms with Crippen LogP contribution in [-0.2, 0) is 11.3 Å². The summed E-state index contributed by atoms with van der Waals surface area (Å²) in [6.45, 7) is 3.31. The molecule has 0 bridgehead atoms. The summed E-state index contributed by atoms with van der Waals surface area (Å²) >= 11 is 0. The van der Waals surface area contributed by atoms with Crippen LogP contribution in [0.2, 0.25) is 0 Å². The number of nitrogens with zero attached hydrogens (tertiary/aromatic N) is 3. The Morgan fingerprint density at radius 3 is 2.96 bits per heavy atom. The predicted molar refractivity (Wildman–Crippen MR) is 105 cm³/mol. The van der Waals surface area contributed by atoms with E-state index in [1.807, 2.05) is 31.2 Å². The molecule has 1 unspecified atom stereocenters. The lowest BCUT2D eigenvalue weighted by Crippen LogP contribution is -2.38. The summed E-state index contributed by atoms with van der Waals surface area (Å²) in [5.41, 5.74) is 2.49. The lowest BCUT2D eigenvalue weighted by atomic mass is 10.1. The van der Waals surface area contributed by atoms with Gasteiger partial charge in [0.15, 0.2) is 0 Å². The standard InChI is InChI=1S/C21H22N4O3/c1-14-4-5-18-15(9-14)10-16(20(26)24-18)12-25(13-17-3-2-8-28-17)21(27)19-11-22-6-7-23-19/h4-7,9-11,17H,2-3,8,12-13H2,1H3,(H,24,26). The SMILES string of the molecule is Cc1ccc2[nH]c(=O)c(CN(CC3CCCO3)C(=O)c3cnccn3)cc2c1. The Bertz CT molecular complexity index is 1040. The van der Waals surface area contributed by atoms with Crippen molar-refractivity contribution in [1.29, 1.82) is 0 Å². The van der Waals surface area contributed by atoms with Crippen LogP contribution in [0.1, 0.15) is 34.5 Å². The van der Waals surface area contributed by atoms with Gasteiger partial charge in [-0.1, -0.05) is 11.6 Å². The van der Waals surface area contributed by atoms with E-state index < -0.39 is 0 Å². The first-order chi connectivity index (χ1) is 13.6. The van der Waals surface area contributed by atoms with Crippen molar-refractivity contribution in [3.05, 3.63) is 70.0 Å². The molecule has 0 aliphatic carbocycles. The smallest absolute Gasteiger partial charge is 0.274 e. The van der Waals surface area contributed by atoms with Crippen molar-refractivity contribution in [2.45, 2.75) is 32.4 Å². The fraction of sp³-hybridized carbons (Fsp3) is 0.333. The maximum Gasteiger partial charge on any atom is 0.274 e. The molecule has 1 fully saturated rings. The number of aryl methyl sites for hydroxylation is 1. The highest BCUT2D eigenvalue weighted by Crippen LogP contribution is 2.18. The molecule has 3 aromatic rings. The Morgan fingerprint density at radius 1 is 1.32 bits per heavy atom. The van der Waals surface area contributed by atoms with Crippen LogP contribution in [0.15, 0.2) is 47.7 Å². The average Bonchev–Trinajstić information content (AvgIpc) is 3.21. The summed E-state index contributed by atoms with van der Waals surface area (Å²) < 4.78 is 5.71. The van der Waals surface area contributed by atoms with E-state index in [0.29, 0.717) is 18.7 Å². The van der Waals surface area contributed by atoms with Gasteiger partial charge in [0.2, 0.25) is 0 Å². The molecule has 0 saturated carbocycles. The van der Waals surface area contributed by atoms with Crippen molar-refractivity contribution < 1.29 is 9.53 Å². The molecule has 0 radical (unpaired) electrons. The zero-order valence-electron chi connectivity index (χ0n) is 15.7. The number of ether oxygens (including phenoxy) is 1. The van der Waals surface area contributed by atoms with E-state index in [1.54, 1.807) is 4.90 Å². The number of benzene rings is 1. The van der Waals surface area contributed by atoms with Gasteiger partial charge >= 0.3 is 0 Å². The molecule has 28 heavy (non-hydrogen) atoms. The van der Waals surface area contributed by atoms with Gasteiger partial charge in [0.1, 0.15) is 5.69 Å². The van der Waals surface area contributed by atoms with Gasteiger partial charge in [-0.2, -0.15) is 0 Å². The summed E-state index contributed by atoms with van der Waals surface area (Å²) in [5, 5.41) is 0.943. The molecule has 1 aliphatic heterocycles. The highest BCUT2D eigenvalue weighted by Gasteiger charge is 2.25. The number of rotatable bonds is 5. The second-order valence-corrected chi connectivity index (χ2v) is 7.13. The minimum Gasteiger partial charge on any atom is -0.376 e. The minimum absolute atomic E-state index is 0.0256. The molecule has 1 aromatic carbocycles. The maximum absolute atomic E-state index is 13.0. The molecule has 1 aliphatic rings. The quantitative estimate of drug-likeness (QED) is 0.737. The highest BCUT2D eigenvalue weighted by molar-refractivity contribution is 5.92. The van der Waals surface area contributed by atoms with E-state index >= 15 is 0 Å². The van der Waals surface area contributed by atoms with E-state index in [1.165, 1.54) is 18.6 Å². The van der Waals surface area contributed by atoms with Crippen molar-refractivity contribution in [2.75, 3.05) is 13.2 Å². The lowest BCUT2D eigenvalue weighted by molar-refractivity contribution is 0.0501. The zero-order valence-corrected chi connectivity index (χ0v) is 15.7.